The van der Waals surface area contributed by atoms with Crippen LogP contribution < -0.4 is 0 Å². The Labute approximate surface area is 110 Å². The third-order valence-electron chi connectivity index (χ3n) is 3.79. The van der Waals surface area contributed by atoms with Crippen molar-refractivity contribution >= 4 is 5.91 Å². The quantitative estimate of drug-likeness (QED) is 0.762. The van der Waals surface area contributed by atoms with Gasteiger partial charge in [0.2, 0.25) is 0 Å². The van der Waals surface area contributed by atoms with Crippen molar-refractivity contribution in [2.75, 3.05) is 26.2 Å². The molecule has 1 atom stereocenters. The highest BCUT2D eigenvalue weighted by molar-refractivity contribution is 5.81. The van der Waals surface area contributed by atoms with E-state index in [2.05, 4.69) is 32.6 Å². The Morgan fingerprint density at radius 3 is 2.39 bits per heavy atom. The van der Waals surface area contributed by atoms with Crippen LogP contribution in [0.5, 0.6) is 0 Å². The molecule has 18 heavy (non-hydrogen) atoms. The lowest BCUT2D eigenvalue weighted by Crippen LogP contribution is -2.73. The minimum absolute atomic E-state index is 0.105. The number of amides is 1. The summed E-state index contributed by atoms with van der Waals surface area (Å²) in [5.74, 6) is 0.823. The largest absolute Gasteiger partial charge is 0.358 e. The fourth-order valence-corrected chi connectivity index (χ4v) is 3.11. The van der Waals surface area contributed by atoms with Gasteiger partial charge in [-0.15, -0.1) is 0 Å². The maximum absolute atomic E-state index is 12.0. The van der Waals surface area contributed by atoms with Crippen molar-refractivity contribution < 1.29 is 9.53 Å². The molecule has 0 aromatic rings. The number of carbonyl (C=O) groups is 1. The molecule has 2 saturated heterocycles. The smallest absolute Gasteiger partial charge is 0.251 e. The van der Waals surface area contributed by atoms with Crippen LogP contribution in [0, 0.1) is 5.92 Å². The molecule has 104 valence electrons. The summed E-state index contributed by atoms with van der Waals surface area (Å²) < 4.78 is 5.98. The molecule has 0 bridgehead atoms. The first-order valence-electron chi connectivity index (χ1n) is 7.04. The SMILES string of the molecule is CC(C)CN1CC2(C1)CN(C(C)C)C(=O)C(C)O2. The van der Waals surface area contributed by atoms with Crippen LogP contribution in [0.3, 0.4) is 0 Å². The molecule has 4 heteroatoms. The normalized spacial score (nSPS) is 28.3. The molecule has 0 aromatic carbocycles. The number of hydrogen-bond donors (Lipinski definition) is 0. The second-order valence-corrected chi connectivity index (χ2v) is 6.57. The number of carbonyl (C=O) groups excluding carboxylic acids is 1. The number of hydrogen-bond acceptors (Lipinski definition) is 3. The highest BCUT2D eigenvalue weighted by Gasteiger charge is 2.51. The topological polar surface area (TPSA) is 32.8 Å². The zero-order valence-electron chi connectivity index (χ0n) is 12.3. The summed E-state index contributed by atoms with van der Waals surface area (Å²) in [7, 11) is 0. The number of rotatable bonds is 3. The minimum Gasteiger partial charge on any atom is -0.358 e. The van der Waals surface area contributed by atoms with Gasteiger partial charge in [-0.3, -0.25) is 9.69 Å². The monoisotopic (exact) mass is 254 g/mol. The van der Waals surface area contributed by atoms with Crippen LogP contribution in [0.2, 0.25) is 0 Å². The molecular weight excluding hydrogens is 228 g/mol. The van der Waals surface area contributed by atoms with Gasteiger partial charge in [-0.25, -0.2) is 0 Å². The van der Waals surface area contributed by atoms with E-state index in [9.17, 15) is 4.79 Å². The maximum atomic E-state index is 12.0. The molecule has 1 spiro atoms. The standard InChI is InChI=1S/C14H26N2O2/c1-10(2)6-15-7-14(8-15)9-16(11(3)4)13(17)12(5)18-14/h10-12H,6-9H2,1-5H3. The van der Waals surface area contributed by atoms with E-state index < -0.39 is 0 Å². The first-order chi connectivity index (χ1) is 8.33. The van der Waals surface area contributed by atoms with Gasteiger partial charge in [0.15, 0.2) is 0 Å². The molecular formula is C14H26N2O2. The van der Waals surface area contributed by atoms with Crippen LogP contribution in [0.15, 0.2) is 0 Å². The number of likely N-dealkylation sites (tertiary alicyclic amines) is 1. The summed E-state index contributed by atoms with van der Waals surface area (Å²) in [6.45, 7) is 14.3. The van der Waals surface area contributed by atoms with Crippen LogP contribution in [0.1, 0.15) is 34.6 Å². The first kappa shape index (κ1) is 13.8. The van der Waals surface area contributed by atoms with E-state index in [1.54, 1.807) is 0 Å². The lowest BCUT2D eigenvalue weighted by atomic mass is 9.89. The Balaban J connectivity index is 1.98. The summed E-state index contributed by atoms with van der Waals surface area (Å²) in [4.78, 5) is 16.4. The highest BCUT2D eigenvalue weighted by Crippen LogP contribution is 2.33. The van der Waals surface area contributed by atoms with Gasteiger partial charge in [0, 0.05) is 25.7 Å². The molecule has 1 unspecified atom stereocenters. The summed E-state index contributed by atoms with van der Waals surface area (Å²) in [5, 5.41) is 0. The summed E-state index contributed by atoms with van der Waals surface area (Å²) in [6, 6.07) is 0.264. The Morgan fingerprint density at radius 2 is 1.89 bits per heavy atom. The zero-order chi connectivity index (χ0) is 13.5. The third kappa shape index (κ3) is 2.54. The fourth-order valence-electron chi connectivity index (χ4n) is 3.11. The van der Waals surface area contributed by atoms with Gasteiger partial charge in [-0.1, -0.05) is 13.8 Å². The molecule has 2 aliphatic heterocycles. The summed E-state index contributed by atoms with van der Waals surface area (Å²) in [5.41, 5.74) is -0.105. The predicted molar refractivity (Wildman–Crippen MR) is 71.4 cm³/mol. The maximum Gasteiger partial charge on any atom is 0.251 e. The van der Waals surface area contributed by atoms with E-state index in [0.29, 0.717) is 5.92 Å². The van der Waals surface area contributed by atoms with Gasteiger partial charge in [0.05, 0.1) is 6.54 Å². The molecule has 4 nitrogen and oxygen atoms in total. The number of ether oxygens (including phenoxy) is 1. The van der Waals surface area contributed by atoms with Gasteiger partial charge >= 0.3 is 0 Å². The van der Waals surface area contributed by atoms with Crippen LogP contribution in [-0.2, 0) is 9.53 Å². The van der Waals surface area contributed by atoms with Crippen molar-refractivity contribution in [2.24, 2.45) is 5.92 Å². The lowest BCUT2D eigenvalue weighted by Gasteiger charge is -2.56. The van der Waals surface area contributed by atoms with Crippen molar-refractivity contribution in [1.82, 2.24) is 9.80 Å². The zero-order valence-corrected chi connectivity index (χ0v) is 12.3. The van der Waals surface area contributed by atoms with E-state index in [4.69, 9.17) is 4.74 Å². The highest BCUT2D eigenvalue weighted by atomic mass is 16.5. The van der Waals surface area contributed by atoms with Crippen molar-refractivity contribution in [1.29, 1.82) is 0 Å². The van der Waals surface area contributed by atoms with Gasteiger partial charge in [0.25, 0.3) is 5.91 Å². The van der Waals surface area contributed by atoms with Crippen molar-refractivity contribution in [3.63, 3.8) is 0 Å². The molecule has 2 fully saturated rings. The van der Waals surface area contributed by atoms with Gasteiger partial charge in [-0.2, -0.15) is 0 Å². The van der Waals surface area contributed by atoms with E-state index >= 15 is 0 Å². The average Bonchev–Trinajstić information content (AvgIpc) is 2.19. The third-order valence-corrected chi connectivity index (χ3v) is 3.79. The molecule has 2 heterocycles. The predicted octanol–water partition coefficient (Wildman–Crippen LogP) is 1.35. The Bertz CT molecular complexity index is 322. The van der Waals surface area contributed by atoms with E-state index in [1.165, 1.54) is 0 Å². The molecule has 1 amide bonds. The van der Waals surface area contributed by atoms with Crippen LogP contribution in [-0.4, -0.2) is 59.6 Å². The van der Waals surface area contributed by atoms with Gasteiger partial charge < -0.3 is 9.64 Å². The lowest BCUT2D eigenvalue weighted by molar-refractivity contribution is -0.218. The van der Waals surface area contributed by atoms with Crippen LogP contribution in [0.25, 0.3) is 0 Å². The van der Waals surface area contributed by atoms with E-state index in [1.807, 2.05) is 11.8 Å². The molecule has 2 aliphatic rings. The van der Waals surface area contributed by atoms with Crippen molar-refractivity contribution in [3.8, 4) is 0 Å². The number of morpholine rings is 1. The minimum atomic E-state index is -0.289. The Kier molecular flexibility index (Phi) is 3.70. The number of nitrogens with zero attached hydrogens (tertiary/aromatic N) is 2. The molecule has 0 radical (unpaired) electrons. The van der Waals surface area contributed by atoms with E-state index in [0.717, 1.165) is 26.2 Å². The summed E-state index contributed by atoms with van der Waals surface area (Å²) >= 11 is 0. The molecule has 0 aliphatic carbocycles. The Hall–Kier alpha value is -0.610. The molecule has 2 rings (SSSR count). The molecule has 0 aromatic heterocycles. The van der Waals surface area contributed by atoms with Crippen molar-refractivity contribution in [2.45, 2.75) is 52.4 Å². The molecule has 0 saturated carbocycles. The molecule has 0 N–H and O–H groups in total. The Morgan fingerprint density at radius 1 is 1.28 bits per heavy atom. The van der Waals surface area contributed by atoms with Crippen LogP contribution in [0.4, 0.5) is 0 Å². The first-order valence-corrected chi connectivity index (χ1v) is 7.04. The van der Waals surface area contributed by atoms with Crippen LogP contribution >= 0.6 is 0 Å². The second-order valence-electron chi connectivity index (χ2n) is 6.57. The second kappa shape index (κ2) is 4.82. The van der Waals surface area contributed by atoms with Crippen molar-refractivity contribution in [3.05, 3.63) is 0 Å². The fraction of sp³-hybridized carbons (Fsp3) is 0.929. The van der Waals surface area contributed by atoms with Gasteiger partial charge in [0.1, 0.15) is 11.7 Å². The van der Waals surface area contributed by atoms with Gasteiger partial charge in [-0.05, 0) is 26.7 Å². The average molecular weight is 254 g/mol. The van der Waals surface area contributed by atoms with E-state index in [-0.39, 0.29) is 23.7 Å². The summed E-state index contributed by atoms with van der Waals surface area (Å²) in [6.07, 6.45) is -0.289.